The van der Waals surface area contributed by atoms with Gasteiger partial charge in [-0.25, -0.2) is 4.39 Å². The highest BCUT2D eigenvalue weighted by atomic mass is 19.1. The third-order valence-corrected chi connectivity index (χ3v) is 3.71. The van der Waals surface area contributed by atoms with Crippen LogP contribution in [-0.2, 0) is 4.74 Å². The normalized spacial score (nSPS) is 17.1. The molecule has 1 aliphatic rings. The average Bonchev–Trinajstić information content (AvgIpc) is 2.48. The number of rotatable bonds is 5. The van der Waals surface area contributed by atoms with Crippen LogP contribution in [0.5, 0.6) is 5.75 Å². The van der Waals surface area contributed by atoms with Gasteiger partial charge in [-0.1, -0.05) is 0 Å². The Morgan fingerprint density at radius 3 is 2.60 bits per heavy atom. The molecular weight excluding hydrogens is 261 g/mol. The summed E-state index contributed by atoms with van der Waals surface area (Å²) in [7, 11) is 3.12. The number of Topliss-reactive ketones (excluding diaryl/α,β-unsaturated/α-hetero) is 1. The Morgan fingerprint density at radius 1 is 1.35 bits per heavy atom. The Kier molecular flexibility index (Phi) is 5.09. The van der Waals surface area contributed by atoms with Crippen LogP contribution < -0.4 is 4.74 Å². The summed E-state index contributed by atoms with van der Waals surface area (Å²) in [6.45, 7) is 1.99. The molecule has 1 fully saturated rings. The van der Waals surface area contributed by atoms with Crippen molar-refractivity contribution >= 4 is 5.78 Å². The Morgan fingerprint density at radius 2 is 2.05 bits per heavy atom. The fourth-order valence-electron chi connectivity index (χ4n) is 2.44. The van der Waals surface area contributed by atoms with Gasteiger partial charge in [-0.2, -0.15) is 0 Å². The van der Waals surface area contributed by atoms with Crippen molar-refractivity contribution in [3.05, 3.63) is 29.6 Å². The van der Waals surface area contributed by atoms with Crippen LogP contribution in [0.3, 0.4) is 0 Å². The molecular formula is C15H20FNO3. The van der Waals surface area contributed by atoms with E-state index in [0.717, 1.165) is 25.9 Å². The minimum atomic E-state index is -0.503. The maximum absolute atomic E-state index is 13.6. The molecule has 0 aliphatic carbocycles. The highest BCUT2D eigenvalue weighted by Gasteiger charge is 2.21. The van der Waals surface area contributed by atoms with E-state index < -0.39 is 5.82 Å². The van der Waals surface area contributed by atoms with E-state index in [9.17, 15) is 9.18 Å². The second-order valence-corrected chi connectivity index (χ2v) is 4.98. The molecule has 1 heterocycles. The maximum Gasteiger partial charge on any atom is 0.176 e. The number of ketones is 1. The van der Waals surface area contributed by atoms with Crippen LogP contribution in [0.1, 0.15) is 23.2 Å². The first-order chi connectivity index (χ1) is 9.63. The van der Waals surface area contributed by atoms with E-state index >= 15 is 0 Å². The van der Waals surface area contributed by atoms with Crippen molar-refractivity contribution < 1.29 is 18.7 Å². The van der Waals surface area contributed by atoms with Gasteiger partial charge in [0.25, 0.3) is 0 Å². The van der Waals surface area contributed by atoms with Crippen LogP contribution in [-0.4, -0.2) is 50.6 Å². The van der Waals surface area contributed by atoms with Crippen LogP contribution in [0.15, 0.2) is 18.2 Å². The fourth-order valence-corrected chi connectivity index (χ4v) is 2.44. The molecule has 0 N–H and O–H groups in total. The lowest BCUT2D eigenvalue weighted by Gasteiger charge is -2.30. The first-order valence-electron chi connectivity index (χ1n) is 6.76. The van der Waals surface area contributed by atoms with Crippen molar-refractivity contribution in [2.24, 2.45) is 0 Å². The summed E-state index contributed by atoms with van der Waals surface area (Å²) >= 11 is 0. The van der Waals surface area contributed by atoms with Gasteiger partial charge >= 0.3 is 0 Å². The molecule has 0 radical (unpaired) electrons. The molecule has 5 heteroatoms. The van der Waals surface area contributed by atoms with Gasteiger partial charge in [0.1, 0.15) is 0 Å². The van der Waals surface area contributed by atoms with Crippen LogP contribution in [0.4, 0.5) is 4.39 Å². The third-order valence-electron chi connectivity index (χ3n) is 3.71. The van der Waals surface area contributed by atoms with Crippen LogP contribution in [0.2, 0.25) is 0 Å². The highest BCUT2D eigenvalue weighted by Crippen LogP contribution is 2.19. The molecule has 1 aromatic rings. The molecule has 0 amide bonds. The Labute approximate surface area is 118 Å². The number of ether oxygens (including phenoxy) is 2. The molecule has 0 bridgehead atoms. The van der Waals surface area contributed by atoms with Crippen LogP contribution in [0.25, 0.3) is 0 Å². The van der Waals surface area contributed by atoms with Crippen molar-refractivity contribution in [3.63, 3.8) is 0 Å². The van der Waals surface area contributed by atoms with E-state index in [1.54, 1.807) is 13.2 Å². The fraction of sp³-hybridized carbons (Fsp3) is 0.533. The van der Waals surface area contributed by atoms with Crippen molar-refractivity contribution in [1.29, 1.82) is 0 Å². The second kappa shape index (κ2) is 6.81. The van der Waals surface area contributed by atoms with Crippen LogP contribution in [0, 0.1) is 5.82 Å². The van der Waals surface area contributed by atoms with E-state index in [1.165, 1.54) is 19.2 Å². The lowest BCUT2D eigenvalue weighted by Crippen LogP contribution is -2.39. The summed E-state index contributed by atoms with van der Waals surface area (Å²) in [5, 5.41) is 0. The summed E-state index contributed by atoms with van der Waals surface area (Å²) in [4.78, 5) is 14.2. The molecule has 0 aromatic heterocycles. The first-order valence-corrected chi connectivity index (χ1v) is 6.76. The van der Waals surface area contributed by atoms with Crippen molar-refractivity contribution in [3.8, 4) is 5.75 Å². The number of carbonyl (C=O) groups excluding carboxylic acids is 1. The molecule has 0 atom stereocenters. The van der Waals surface area contributed by atoms with E-state index in [-0.39, 0.29) is 11.5 Å². The van der Waals surface area contributed by atoms with Gasteiger partial charge in [0.05, 0.1) is 19.8 Å². The van der Waals surface area contributed by atoms with Crippen molar-refractivity contribution in [2.45, 2.75) is 18.9 Å². The molecule has 20 heavy (non-hydrogen) atoms. The summed E-state index contributed by atoms with van der Waals surface area (Å²) in [6.07, 6.45) is 2.15. The number of methoxy groups -OCH3 is 2. The zero-order valence-corrected chi connectivity index (χ0v) is 11.9. The van der Waals surface area contributed by atoms with E-state index in [2.05, 4.69) is 4.90 Å². The molecule has 0 spiro atoms. The van der Waals surface area contributed by atoms with Crippen LogP contribution >= 0.6 is 0 Å². The molecule has 1 saturated heterocycles. The predicted octanol–water partition coefficient (Wildman–Crippen LogP) is 2.13. The lowest BCUT2D eigenvalue weighted by molar-refractivity contribution is 0.0401. The molecule has 2 rings (SSSR count). The van der Waals surface area contributed by atoms with E-state index in [0.29, 0.717) is 18.2 Å². The van der Waals surface area contributed by atoms with Gasteiger partial charge in [-0.05, 0) is 31.0 Å². The summed E-state index contributed by atoms with van der Waals surface area (Å²) in [5.74, 6) is -0.415. The molecule has 1 aliphatic heterocycles. The molecule has 0 saturated carbocycles. The van der Waals surface area contributed by atoms with E-state index in [1.807, 2.05) is 0 Å². The van der Waals surface area contributed by atoms with Gasteiger partial charge in [0.15, 0.2) is 17.3 Å². The van der Waals surface area contributed by atoms with Gasteiger partial charge in [-0.15, -0.1) is 0 Å². The Balaban J connectivity index is 1.93. The molecule has 0 unspecified atom stereocenters. The Hall–Kier alpha value is -1.46. The third kappa shape index (κ3) is 3.55. The first kappa shape index (κ1) is 14.9. The minimum absolute atomic E-state index is 0.0672. The number of benzene rings is 1. The molecule has 110 valence electrons. The molecule has 1 aromatic carbocycles. The number of likely N-dealkylation sites (tertiary alicyclic amines) is 1. The number of hydrogen-bond donors (Lipinski definition) is 0. The summed E-state index contributed by atoms with van der Waals surface area (Å²) in [5.41, 5.74) is 0.386. The van der Waals surface area contributed by atoms with Crippen molar-refractivity contribution in [1.82, 2.24) is 4.90 Å². The number of piperidine rings is 1. The van der Waals surface area contributed by atoms with Gasteiger partial charge < -0.3 is 9.47 Å². The largest absolute Gasteiger partial charge is 0.494 e. The lowest BCUT2D eigenvalue weighted by atomic mass is 10.1. The SMILES string of the molecule is COc1ccc(C(=O)CN2CCC(OC)CC2)cc1F. The van der Waals surface area contributed by atoms with E-state index in [4.69, 9.17) is 9.47 Å². The minimum Gasteiger partial charge on any atom is -0.494 e. The number of hydrogen-bond acceptors (Lipinski definition) is 4. The predicted molar refractivity (Wildman–Crippen MR) is 73.8 cm³/mol. The average molecular weight is 281 g/mol. The number of nitrogens with zero attached hydrogens (tertiary/aromatic N) is 1. The quantitative estimate of drug-likeness (QED) is 0.775. The van der Waals surface area contributed by atoms with Crippen molar-refractivity contribution in [2.75, 3.05) is 33.9 Å². The van der Waals surface area contributed by atoms with Gasteiger partial charge in [-0.3, -0.25) is 9.69 Å². The maximum atomic E-state index is 13.6. The summed E-state index contributed by atoms with van der Waals surface area (Å²) in [6, 6.07) is 4.33. The van der Waals surface area contributed by atoms with Gasteiger partial charge in [0.2, 0.25) is 0 Å². The zero-order valence-electron chi connectivity index (χ0n) is 11.9. The zero-order chi connectivity index (χ0) is 14.5. The second-order valence-electron chi connectivity index (χ2n) is 4.98. The molecule has 4 nitrogen and oxygen atoms in total. The topological polar surface area (TPSA) is 38.8 Å². The summed E-state index contributed by atoms with van der Waals surface area (Å²) < 4.78 is 23.7. The Bertz CT molecular complexity index is 470. The number of carbonyl (C=O) groups is 1. The highest BCUT2D eigenvalue weighted by molar-refractivity contribution is 5.97. The monoisotopic (exact) mass is 281 g/mol. The smallest absolute Gasteiger partial charge is 0.176 e. The van der Waals surface area contributed by atoms with Gasteiger partial charge in [0, 0.05) is 25.8 Å². The number of halogens is 1. The standard InChI is InChI=1S/C15H20FNO3/c1-19-12-5-7-17(8-6-12)10-14(18)11-3-4-15(20-2)13(16)9-11/h3-4,9,12H,5-8,10H2,1-2H3.